The Kier molecular flexibility index (Phi) is 5.59. The molecule has 1 fully saturated rings. The molecule has 0 aliphatic carbocycles. The lowest BCUT2D eigenvalue weighted by atomic mass is 10.0. The molecule has 0 aromatic heterocycles. The fraction of sp³-hybridized carbons (Fsp3) is 0.350. The number of carbonyl (C=O) groups is 1. The molecule has 1 atom stereocenters. The quantitative estimate of drug-likeness (QED) is 0.904. The first kappa shape index (κ1) is 16.7. The number of nitrogens with one attached hydrogen (secondary N) is 1. The van der Waals surface area contributed by atoms with Crippen LogP contribution in [0.5, 0.6) is 0 Å². The summed E-state index contributed by atoms with van der Waals surface area (Å²) < 4.78 is 13.1. The molecule has 24 heavy (non-hydrogen) atoms. The molecular formula is C20H23FN2O. The molecule has 0 bridgehead atoms. The molecular weight excluding hydrogens is 303 g/mol. The fourth-order valence-electron chi connectivity index (χ4n) is 3.26. The second-order valence-electron chi connectivity index (χ2n) is 6.26. The molecule has 2 aromatic rings. The predicted octanol–water partition coefficient (Wildman–Crippen LogP) is 4.38. The number of rotatable bonds is 4. The van der Waals surface area contributed by atoms with Crippen molar-refractivity contribution >= 4 is 11.6 Å². The van der Waals surface area contributed by atoms with Gasteiger partial charge in [0, 0.05) is 5.69 Å². The molecule has 4 heteroatoms. The van der Waals surface area contributed by atoms with E-state index < -0.39 is 0 Å². The lowest BCUT2D eigenvalue weighted by Crippen LogP contribution is -2.38. The van der Waals surface area contributed by atoms with Crippen LogP contribution in [0.1, 0.15) is 37.3 Å². The van der Waals surface area contributed by atoms with Gasteiger partial charge in [0.05, 0.1) is 0 Å². The Balaban J connectivity index is 1.82. The van der Waals surface area contributed by atoms with Crippen molar-refractivity contribution in [3.63, 3.8) is 0 Å². The Morgan fingerprint density at radius 2 is 1.54 bits per heavy atom. The summed E-state index contributed by atoms with van der Waals surface area (Å²) in [4.78, 5) is 15.2. The van der Waals surface area contributed by atoms with Crippen LogP contribution in [0.15, 0.2) is 54.6 Å². The summed E-state index contributed by atoms with van der Waals surface area (Å²) in [6.07, 6.45) is 4.68. The second-order valence-corrected chi connectivity index (χ2v) is 6.26. The summed E-state index contributed by atoms with van der Waals surface area (Å²) >= 11 is 0. The highest BCUT2D eigenvalue weighted by Crippen LogP contribution is 2.26. The maximum atomic E-state index is 13.1. The minimum Gasteiger partial charge on any atom is -0.324 e. The van der Waals surface area contributed by atoms with Gasteiger partial charge in [0.15, 0.2) is 0 Å². The van der Waals surface area contributed by atoms with Crippen LogP contribution in [0.2, 0.25) is 0 Å². The third-order valence-corrected chi connectivity index (χ3v) is 4.48. The highest BCUT2D eigenvalue weighted by atomic mass is 19.1. The number of benzene rings is 2. The minimum absolute atomic E-state index is 0.0605. The average molecular weight is 326 g/mol. The lowest BCUT2D eigenvalue weighted by Gasteiger charge is -2.30. The van der Waals surface area contributed by atoms with Gasteiger partial charge >= 0.3 is 0 Å². The van der Waals surface area contributed by atoms with E-state index in [0.29, 0.717) is 5.69 Å². The molecule has 1 amide bonds. The van der Waals surface area contributed by atoms with Crippen molar-refractivity contribution in [3.05, 3.63) is 66.0 Å². The third-order valence-electron chi connectivity index (χ3n) is 4.48. The van der Waals surface area contributed by atoms with E-state index in [1.165, 1.54) is 25.0 Å². The van der Waals surface area contributed by atoms with Crippen LogP contribution in [0, 0.1) is 5.82 Å². The van der Waals surface area contributed by atoms with Gasteiger partial charge in [-0.3, -0.25) is 9.69 Å². The van der Waals surface area contributed by atoms with E-state index in [2.05, 4.69) is 10.2 Å². The van der Waals surface area contributed by atoms with Crippen molar-refractivity contribution in [2.45, 2.75) is 31.7 Å². The molecule has 0 saturated carbocycles. The van der Waals surface area contributed by atoms with E-state index in [9.17, 15) is 9.18 Å². The van der Waals surface area contributed by atoms with Crippen LogP contribution in [0.25, 0.3) is 0 Å². The normalized spacial score (nSPS) is 17.0. The molecule has 3 nitrogen and oxygen atoms in total. The summed E-state index contributed by atoms with van der Waals surface area (Å²) in [5, 5.41) is 2.94. The van der Waals surface area contributed by atoms with Crippen molar-refractivity contribution in [2.75, 3.05) is 18.4 Å². The van der Waals surface area contributed by atoms with E-state index in [0.717, 1.165) is 31.5 Å². The van der Waals surface area contributed by atoms with E-state index in [1.54, 1.807) is 12.1 Å². The lowest BCUT2D eigenvalue weighted by molar-refractivity contribution is -0.121. The molecule has 0 unspecified atom stereocenters. The highest BCUT2D eigenvalue weighted by molar-refractivity contribution is 5.95. The first-order valence-corrected chi connectivity index (χ1v) is 8.59. The Morgan fingerprint density at radius 1 is 0.917 bits per heavy atom. The van der Waals surface area contributed by atoms with Crippen LogP contribution in [-0.4, -0.2) is 23.9 Å². The Hall–Kier alpha value is -2.20. The minimum atomic E-state index is -0.311. The van der Waals surface area contributed by atoms with E-state index in [-0.39, 0.29) is 17.8 Å². The SMILES string of the molecule is O=C(Nc1ccc(F)cc1)[C@@H](c1ccccc1)N1CCCCCC1. The summed E-state index contributed by atoms with van der Waals surface area (Å²) in [5.41, 5.74) is 1.62. The number of hydrogen-bond acceptors (Lipinski definition) is 2. The van der Waals surface area contributed by atoms with Crippen LogP contribution in [-0.2, 0) is 4.79 Å². The van der Waals surface area contributed by atoms with E-state index in [4.69, 9.17) is 0 Å². The number of halogens is 1. The molecule has 2 aromatic carbocycles. The Morgan fingerprint density at radius 3 is 2.17 bits per heavy atom. The van der Waals surface area contributed by atoms with Crippen LogP contribution < -0.4 is 5.32 Å². The van der Waals surface area contributed by atoms with Crippen LogP contribution >= 0.6 is 0 Å². The summed E-state index contributed by atoms with van der Waals surface area (Å²) in [7, 11) is 0. The standard InChI is InChI=1S/C20H23FN2O/c21-17-10-12-18(13-11-17)22-20(24)19(16-8-4-3-5-9-16)23-14-6-1-2-7-15-23/h3-5,8-13,19H,1-2,6-7,14-15H2,(H,22,24)/t19-/m1/s1. The second kappa shape index (κ2) is 8.06. The zero-order valence-corrected chi connectivity index (χ0v) is 13.7. The highest BCUT2D eigenvalue weighted by Gasteiger charge is 2.28. The molecule has 0 radical (unpaired) electrons. The summed E-state index contributed by atoms with van der Waals surface area (Å²) in [6.45, 7) is 1.85. The molecule has 3 rings (SSSR count). The zero-order chi connectivity index (χ0) is 16.8. The topological polar surface area (TPSA) is 32.3 Å². The van der Waals surface area contributed by atoms with Crippen LogP contribution in [0.4, 0.5) is 10.1 Å². The number of hydrogen-bond donors (Lipinski definition) is 1. The van der Waals surface area contributed by atoms with Crippen molar-refractivity contribution < 1.29 is 9.18 Å². The monoisotopic (exact) mass is 326 g/mol. The fourth-order valence-corrected chi connectivity index (χ4v) is 3.26. The van der Waals surface area contributed by atoms with Gasteiger partial charge in [-0.1, -0.05) is 43.2 Å². The smallest absolute Gasteiger partial charge is 0.246 e. The first-order valence-electron chi connectivity index (χ1n) is 8.59. The van der Waals surface area contributed by atoms with Gasteiger partial charge in [-0.15, -0.1) is 0 Å². The third kappa shape index (κ3) is 4.20. The van der Waals surface area contributed by atoms with Gasteiger partial charge in [-0.2, -0.15) is 0 Å². The first-order chi connectivity index (χ1) is 11.7. The van der Waals surface area contributed by atoms with Gasteiger partial charge in [0.1, 0.15) is 11.9 Å². The Labute approximate surface area is 142 Å². The molecule has 0 spiro atoms. The van der Waals surface area contributed by atoms with Gasteiger partial charge in [0.25, 0.3) is 0 Å². The molecule has 126 valence electrons. The summed E-state index contributed by atoms with van der Waals surface area (Å²) in [6, 6.07) is 15.5. The largest absolute Gasteiger partial charge is 0.324 e. The Bertz CT molecular complexity index is 649. The number of anilines is 1. The molecule has 1 N–H and O–H groups in total. The number of amides is 1. The van der Waals surface area contributed by atoms with E-state index in [1.807, 2.05) is 30.3 Å². The van der Waals surface area contributed by atoms with Crippen LogP contribution in [0.3, 0.4) is 0 Å². The number of likely N-dealkylation sites (tertiary alicyclic amines) is 1. The van der Waals surface area contributed by atoms with Gasteiger partial charge in [-0.25, -0.2) is 4.39 Å². The average Bonchev–Trinajstić information content (AvgIpc) is 2.87. The predicted molar refractivity (Wildman–Crippen MR) is 94.3 cm³/mol. The van der Waals surface area contributed by atoms with Gasteiger partial charge in [0.2, 0.25) is 5.91 Å². The van der Waals surface area contributed by atoms with E-state index >= 15 is 0 Å². The number of nitrogens with zero attached hydrogens (tertiary/aromatic N) is 1. The van der Waals surface area contributed by atoms with Crippen molar-refractivity contribution in [2.24, 2.45) is 0 Å². The van der Waals surface area contributed by atoms with Gasteiger partial charge < -0.3 is 5.32 Å². The maximum Gasteiger partial charge on any atom is 0.246 e. The van der Waals surface area contributed by atoms with Gasteiger partial charge in [-0.05, 0) is 55.8 Å². The maximum absolute atomic E-state index is 13.1. The van der Waals surface area contributed by atoms with Crippen molar-refractivity contribution in [1.82, 2.24) is 4.90 Å². The van der Waals surface area contributed by atoms with Crippen molar-refractivity contribution in [3.8, 4) is 0 Å². The molecule has 1 aliphatic rings. The molecule has 1 heterocycles. The zero-order valence-electron chi connectivity index (χ0n) is 13.7. The molecule has 1 aliphatic heterocycles. The van der Waals surface area contributed by atoms with Crippen molar-refractivity contribution in [1.29, 1.82) is 0 Å². The summed E-state index contributed by atoms with van der Waals surface area (Å²) in [5.74, 6) is -0.366. The molecule has 1 saturated heterocycles. The number of carbonyl (C=O) groups excluding carboxylic acids is 1.